The van der Waals surface area contributed by atoms with Crippen molar-refractivity contribution >= 4 is 57.8 Å². The number of phenolic OH excluding ortho intramolecular Hbond substituents is 1. The van der Waals surface area contributed by atoms with Gasteiger partial charge in [0.25, 0.3) is 11.8 Å². The first-order valence-corrected chi connectivity index (χ1v) is 8.68. The van der Waals surface area contributed by atoms with Gasteiger partial charge in [0.2, 0.25) is 0 Å². The minimum absolute atomic E-state index is 0.0539. The summed E-state index contributed by atoms with van der Waals surface area (Å²) < 4.78 is 0.203. The molecule has 0 aromatic heterocycles. The molecule has 2 aromatic carbocycles. The molecule has 0 aliphatic carbocycles. The Morgan fingerprint density at radius 1 is 1.20 bits per heavy atom. The molecule has 1 fully saturated rings. The van der Waals surface area contributed by atoms with Gasteiger partial charge in [0, 0.05) is 5.02 Å². The van der Waals surface area contributed by atoms with E-state index in [0.29, 0.717) is 9.93 Å². The molecule has 0 unspecified atom stereocenters. The molecule has 1 aliphatic heterocycles. The first-order chi connectivity index (χ1) is 12.0. The number of thiocarbonyl (C=S) groups is 1. The van der Waals surface area contributed by atoms with Crippen LogP contribution in [0.4, 0.5) is 0 Å². The monoisotopic (exact) mass is 390 g/mol. The number of hydrogen-bond donors (Lipinski definition) is 2. The van der Waals surface area contributed by atoms with E-state index in [0.717, 1.165) is 22.3 Å². The molecule has 1 saturated heterocycles. The van der Waals surface area contributed by atoms with Crippen LogP contribution in [-0.2, 0) is 4.79 Å². The molecule has 0 bridgehead atoms. The second-order valence-electron chi connectivity index (χ2n) is 5.03. The number of carbonyl (C=O) groups is 2. The zero-order valence-electron chi connectivity index (χ0n) is 12.6. The van der Waals surface area contributed by atoms with Gasteiger partial charge in [0.15, 0.2) is 4.32 Å². The van der Waals surface area contributed by atoms with Crippen molar-refractivity contribution < 1.29 is 14.7 Å². The maximum absolute atomic E-state index is 12.5. The van der Waals surface area contributed by atoms with Crippen molar-refractivity contribution in [2.24, 2.45) is 0 Å². The summed E-state index contributed by atoms with van der Waals surface area (Å²) in [5, 5.41) is 11.3. The number of aromatic hydroxyl groups is 1. The number of benzene rings is 2. The Labute approximate surface area is 158 Å². The number of nitrogens with one attached hydrogen (secondary N) is 1. The fourth-order valence-electron chi connectivity index (χ4n) is 2.10. The van der Waals surface area contributed by atoms with E-state index in [-0.39, 0.29) is 15.6 Å². The average Bonchev–Trinajstić information content (AvgIpc) is 2.85. The fourth-order valence-corrected chi connectivity index (χ4v) is 3.41. The molecular formula is C17H11ClN2O3S2. The summed E-state index contributed by atoms with van der Waals surface area (Å²) in [4.78, 5) is 25.1. The first-order valence-electron chi connectivity index (χ1n) is 7.08. The van der Waals surface area contributed by atoms with Gasteiger partial charge in [-0.3, -0.25) is 15.0 Å². The van der Waals surface area contributed by atoms with Crippen LogP contribution in [-0.4, -0.2) is 26.3 Å². The van der Waals surface area contributed by atoms with Crippen LogP contribution in [0.1, 0.15) is 15.9 Å². The van der Waals surface area contributed by atoms with Gasteiger partial charge in [-0.25, -0.2) is 0 Å². The van der Waals surface area contributed by atoms with Gasteiger partial charge in [-0.15, -0.1) is 0 Å². The van der Waals surface area contributed by atoms with Crippen LogP contribution in [0.15, 0.2) is 53.4 Å². The molecule has 8 heteroatoms. The normalized spacial score (nSPS) is 15.7. The number of nitrogens with zero attached hydrogens (tertiary/aromatic N) is 1. The molecule has 2 N–H and O–H groups in total. The maximum atomic E-state index is 12.5. The van der Waals surface area contributed by atoms with Crippen molar-refractivity contribution in [3.63, 3.8) is 0 Å². The molecule has 25 heavy (non-hydrogen) atoms. The first kappa shape index (κ1) is 17.5. The van der Waals surface area contributed by atoms with Gasteiger partial charge in [-0.2, -0.15) is 5.01 Å². The lowest BCUT2D eigenvalue weighted by Gasteiger charge is -2.16. The lowest BCUT2D eigenvalue weighted by molar-refractivity contribution is -0.123. The number of thioether (sulfide) groups is 1. The highest BCUT2D eigenvalue weighted by molar-refractivity contribution is 8.26. The van der Waals surface area contributed by atoms with E-state index in [1.807, 2.05) is 0 Å². The fraction of sp³-hybridized carbons (Fsp3) is 0. The van der Waals surface area contributed by atoms with Crippen molar-refractivity contribution in [2.45, 2.75) is 0 Å². The molecule has 1 aliphatic rings. The Kier molecular flexibility index (Phi) is 5.08. The highest BCUT2D eigenvalue weighted by Crippen LogP contribution is 2.31. The van der Waals surface area contributed by atoms with Gasteiger partial charge < -0.3 is 5.11 Å². The topological polar surface area (TPSA) is 69.6 Å². The Bertz CT molecular complexity index is 897. The van der Waals surface area contributed by atoms with Crippen molar-refractivity contribution in [3.05, 3.63) is 69.6 Å². The lowest BCUT2D eigenvalue weighted by atomic mass is 10.2. The van der Waals surface area contributed by atoms with Gasteiger partial charge in [-0.05, 0) is 48.1 Å². The summed E-state index contributed by atoms with van der Waals surface area (Å²) in [7, 11) is 0. The highest BCUT2D eigenvalue weighted by atomic mass is 35.5. The van der Waals surface area contributed by atoms with Crippen LogP contribution in [0.2, 0.25) is 5.02 Å². The largest absolute Gasteiger partial charge is 0.507 e. The van der Waals surface area contributed by atoms with E-state index in [2.05, 4.69) is 5.43 Å². The molecule has 1 heterocycles. The molecule has 0 radical (unpaired) electrons. The van der Waals surface area contributed by atoms with Crippen LogP contribution < -0.4 is 5.43 Å². The number of halogens is 1. The van der Waals surface area contributed by atoms with E-state index in [1.165, 1.54) is 12.1 Å². The molecule has 2 aromatic rings. The number of para-hydroxylation sites is 1. The molecule has 5 nitrogen and oxygen atoms in total. The summed E-state index contributed by atoms with van der Waals surface area (Å²) in [6.45, 7) is 0. The second-order valence-corrected chi connectivity index (χ2v) is 7.14. The van der Waals surface area contributed by atoms with Gasteiger partial charge >= 0.3 is 0 Å². The molecule has 2 amide bonds. The smallest absolute Gasteiger partial charge is 0.285 e. The molecule has 0 saturated carbocycles. The number of amides is 2. The summed E-state index contributed by atoms with van der Waals surface area (Å²) in [5.74, 6) is -1.24. The van der Waals surface area contributed by atoms with Gasteiger partial charge in [-0.1, -0.05) is 47.6 Å². The summed E-state index contributed by atoms with van der Waals surface area (Å²) in [6.07, 6.45) is 1.67. The van der Waals surface area contributed by atoms with E-state index in [9.17, 15) is 14.7 Å². The second kappa shape index (κ2) is 7.26. The molecule has 3 rings (SSSR count). The van der Waals surface area contributed by atoms with E-state index >= 15 is 0 Å². The van der Waals surface area contributed by atoms with Crippen LogP contribution in [0.5, 0.6) is 5.75 Å². The third-order valence-electron chi connectivity index (χ3n) is 3.32. The van der Waals surface area contributed by atoms with E-state index < -0.39 is 11.8 Å². The summed E-state index contributed by atoms with van der Waals surface area (Å²) in [6, 6.07) is 13.0. The molecule has 0 spiro atoms. The Hall–Kier alpha value is -2.35. The zero-order chi connectivity index (χ0) is 18.0. The highest BCUT2D eigenvalue weighted by Gasteiger charge is 2.34. The Balaban J connectivity index is 1.79. The molecular weight excluding hydrogens is 380 g/mol. The summed E-state index contributed by atoms with van der Waals surface area (Å²) in [5.41, 5.74) is 3.26. The quantitative estimate of drug-likeness (QED) is 0.619. The van der Waals surface area contributed by atoms with E-state index in [1.54, 1.807) is 42.5 Å². The minimum Gasteiger partial charge on any atom is -0.507 e. The number of carbonyl (C=O) groups excluding carboxylic acids is 2. The zero-order valence-corrected chi connectivity index (χ0v) is 15.0. The predicted octanol–water partition coefficient (Wildman–Crippen LogP) is 3.59. The van der Waals surface area contributed by atoms with Crippen molar-refractivity contribution in [3.8, 4) is 5.75 Å². The van der Waals surface area contributed by atoms with Crippen LogP contribution >= 0.6 is 35.6 Å². The van der Waals surface area contributed by atoms with Gasteiger partial charge in [0.1, 0.15) is 5.75 Å². The molecule has 0 atom stereocenters. The Morgan fingerprint density at radius 2 is 1.88 bits per heavy atom. The number of hydrazine groups is 1. The Morgan fingerprint density at radius 3 is 2.56 bits per heavy atom. The average molecular weight is 391 g/mol. The van der Waals surface area contributed by atoms with Crippen LogP contribution in [0.3, 0.4) is 0 Å². The third kappa shape index (κ3) is 3.84. The SMILES string of the molecule is O=C(NN1C(=O)/C(=C/c2ccc(Cl)cc2)SC1=S)c1ccccc1O. The number of phenols is 1. The minimum atomic E-state index is -0.623. The van der Waals surface area contributed by atoms with Crippen LogP contribution in [0.25, 0.3) is 6.08 Å². The summed E-state index contributed by atoms with van der Waals surface area (Å²) >= 11 is 12.1. The molecule has 126 valence electrons. The van der Waals surface area contributed by atoms with E-state index in [4.69, 9.17) is 23.8 Å². The lowest BCUT2D eigenvalue weighted by Crippen LogP contribution is -2.44. The predicted molar refractivity (Wildman–Crippen MR) is 102 cm³/mol. The van der Waals surface area contributed by atoms with Gasteiger partial charge in [0.05, 0.1) is 10.5 Å². The van der Waals surface area contributed by atoms with Crippen LogP contribution in [0, 0.1) is 0 Å². The van der Waals surface area contributed by atoms with Crippen molar-refractivity contribution in [2.75, 3.05) is 0 Å². The number of rotatable bonds is 3. The maximum Gasteiger partial charge on any atom is 0.285 e. The standard InChI is InChI=1S/C17H11ClN2O3S2/c18-11-7-5-10(6-8-11)9-14-16(23)20(17(24)25-14)19-15(22)12-3-1-2-4-13(12)21/h1-9,21H,(H,19,22)/b14-9-. The number of hydrogen-bond acceptors (Lipinski definition) is 5. The third-order valence-corrected chi connectivity index (χ3v) is 4.88. The van der Waals surface area contributed by atoms with Crippen molar-refractivity contribution in [1.29, 1.82) is 0 Å². The van der Waals surface area contributed by atoms with Crippen molar-refractivity contribution in [1.82, 2.24) is 10.4 Å².